The summed E-state index contributed by atoms with van der Waals surface area (Å²) in [4.78, 5) is 0. The van der Waals surface area contributed by atoms with Crippen LogP contribution in [0.5, 0.6) is 0 Å². The molecule has 3 nitrogen and oxygen atoms in total. The van der Waals surface area contributed by atoms with E-state index in [2.05, 4.69) is 27.7 Å². The Morgan fingerprint density at radius 2 is 1.07 bits per heavy atom. The fourth-order valence-electron chi connectivity index (χ4n) is 4.11. The third kappa shape index (κ3) is 15.4. The van der Waals surface area contributed by atoms with Crippen LogP contribution >= 0.6 is 0 Å². The third-order valence-corrected chi connectivity index (χ3v) is 6.10. The summed E-state index contributed by atoms with van der Waals surface area (Å²) in [5.74, 6) is 0. The lowest BCUT2D eigenvalue weighted by molar-refractivity contribution is -0.950. The molecular weight excluding hydrogens is 461 g/mol. The van der Waals surface area contributed by atoms with Gasteiger partial charge in [-0.15, -0.1) is 0 Å². The van der Waals surface area contributed by atoms with Crippen molar-refractivity contribution in [1.82, 2.24) is 0 Å². The fraction of sp³-hybridized carbons (Fsp3) is 1.00. The highest BCUT2D eigenvalue weighted by Gasteiger charge is 2.32. The lowest BCUT2D eigenvalue weighted by Crippen LogP contribution is -3.00. The molecule has 0 aromatic heterocycles. The van der Waals surface area contributed by atoms with E-state index in [-0.39, 0.29) is 24.0 Å². The van der Waals surface area contributed by atoms with E-state index in [0.29, 0.717) is 12.6 Å². The summed E-state index contributed by atoms with van der Waals surface area (Å²) >= 11 is 0. The number of ether oxygens (including phenoxy) is 2. The fourth-order valence-corrected chi connectivity index (χ4v) is 4.11. The van der Waals surface area contributed by atoms with Gasteiger partial charge in [-0.3, -0.25) is 0 Å². The Morgan fingerprint density at radius 1 is 0.643 bits per heavy atom. The first-order chi connectivity index (χ1) is 13.2. The van der Waals surface area contributed by atoms with E-state index >= 15 is 0 Å². The van der Waals surface area contributed by atoms with E-state index in [1.165, 1.54) is 101 Å². The highest BCUT2D eigenvalue weighted by Crippen LogP contribution is 2.22. The molecule has 0 aromatic carbocycles. The number of halogens is 1. The molecule has 0 fully saturated rings. The van der Waals surface area contributed by atoms with Crippen LogP contribution in [-0.2, 0) is 9.47 Å². The summed E-state index contributed by atoms with van der Waals surface area (Å²) in [6.07, 6.45) is 16.4. The van der Waals surface area contributed by atoms with Gasteiger partial charge in [-0.05, 0) is 45.4 Å². The van der Waals surface area contributed by atoms with Crippen molar-refractivity contribution in [3.05, 3.63) is 0 Å². The first kappa shape index (κ1) is 30.8. The minimum Gasteiger partial charge on any atom is -1.00 e. The van der Waals surface area contributed by atoms with Crippen molar-refractivity contribution < 1.29 is 37.9 Å². The molecule has 0 spiro atoms. The zero-order valence-corrected chi connectivity index (χ0v) is 22.1. The normalized spacial score (nSPS) is 12.8. The maximum Gasteiger partial charge on any atom is 0.110 e. The zero-order chi connectivity index (χ0) is 20.2. The van der Waals surface area contributed by atoms with Crippen molar-refractivity contribution in [2.75, 3.05) is 46.6 Å². The topological polar surface area (TPSA) is 18.5 Å². The van der Waals surface area contributed by atoms with Gasteiger partial charge in [0, 0.05) is 7.11 Å². The second-order valence-electron chi connectivity index (χ2n) is 8.49. The minimum absolute atomic E-state index is 0. The summed E-state index contributed by atoms with van der Waals surface area (Å²) in [6, 6.07) is 0.590. The summed E-state index contributed by atoms with van der Waals surface area (Å²) in [5.41, 5.74) is 0. The number of methoxy groups -OCH3 is 1. The Morgan fingerprint density at radius 3 is 1.43 bits per heavy atom. The van der Waals surface area contributed by atoms with E-state index in [9.17, 15) is 0 Å². The molecule has 0 aliphatic rings. The highest BCUT2D eigenvalue weighted by atomic mass is 127. The van der Waals surface area contributed by atoms with E-state index in [1.54, 1.807) is 7.11 Å². The van der Waals surface area contributed by atoms with E-state index in [1.807, 2.05) is 0 Å². The van der Waals surface area contributed by atoms with Gasteiger partial charge < -0.3 is 37.9 Å². The van der Waals surface area contributed by atoms with Gasteiger partial charge in [-0.1, -0.05) is 59.3 Å². The Bertz CT molecular complexity index is 271. The van der Waals surface area contributed by atoms with Crippen LogP contribution in [0.25, 0.3) is 0 Å². The Labute approximate surface area is 194 Å². The maximum absolute atomic E-state index is 5.98. The maximum atomic E-state index is 5.98. The number of hydrogen-bond donors (Lipinski definition) is 0. The van der Waals surface area contributed by atoms with Crippen LogP contribution < -0.4 is 24.0 Å². The number of unbranched alkanes of at least 4 members (excludes halogenated alkanes) is 9. The molecule has 0 N–H and O–H groups in total. The van der Waals surface area contributed by atoms with Crippen LogP contribution in [0.3, 0.4) is 0 Å². The smallest absolute Gasteiger partial charge is 0.110 e. The standard InChI is InChI=1S/C24H52NO2.HI/c1-6-9-12-15-18-25(19-16-13-10-7-2,20-17-14-11-8-3)24(4)23-27-22-21-26-5;/h24H,6-23H2,1-5H3;1H/q+1;/p-1. The van der Waals surface area contributed by atoms with Gasteiger partial charge in [-0.2, -0.15) is 0 Å². The number of quaternary nitrogens is 1. The molecule has 1 unspecified atom stereocenters. The van der Waals surface area contributed by atoms with Crippen molar-refractivity contribution >= 4 is 0 Å². The summed E-state index contributed by atoms with van der Waals surface area (Å²) in [7, 11) is 1.75. The van der Waals surface area contributed by atoms with Gasteiger partial charge in [0.1, 0.15) is 6.04 Å². The molecule has 0 saturated heterocycles. The average molecular weight is 514 g/mol. The van der Waals surface area contributed by atoms with Gasteiger partial charge in [0.05, 0.1) is 39.5 Å². The molecule has 1 atom stereocenters. The third-order valence-electron chi connectivity index (χ3n) is 6.10. The van der Waals surface area contributed by atoms with Crippen molar-refractivity contribution in [2.45, 2.75) is 111 Å². The molecule has 0 aliphatic carbocycles. The highest BCUT2D eigenvalue weighted by molar-refractivity contribution is 4.59. The summed E-state index contributed by atoms with van der Waals surface area (Å²) < 4.78 is 12.4. The Hall–Kier alpha value is 0.610. The van der Waals surface area contributed by atoms with Crippen molar-refractivity contribution in [1.29, 1.82) is 0 Å². The average Bonchev–Trinajstić information content (AvgIpc) is 2.68. The lowest BCUT2D eigenvalue weighted by Gasteiger charge is -2.44. The largest absolute Gasteiger partial charge is 1.00 e. The molecule has 0 bridgehead atoms. The molecule has 0 aromatic rings. The molecule has 4 heteroatoms. The van der Waals surface area contributed by atoms with Crippen LogP contribution in [0.4, 0.5) is 0 Å². The van der Waals surface area contributed by atoms with Crippen LogP contribution in [0, 0.1) is 0 Å². The Balaban J connectivity index is 0. The van der Waals surface area contributed by atoms with Crippen LogP contribution in [0.1, 0.15) is 105 Å². The van der Waals surface area contributed by atoms with Crippen molar-refractivity contribution in [3.8, 4) is 0 Å². The summed E-state index contributed by atoms with van der Waals surface area (Å²) in [5, 5.41) is 0. The van der Waals surface area contributed by atoms with Crippen molar-refractivity contribution in [3.63, 3.8) is 0 Å². The van der Waals surface area contributed by atoms with Crippen LogP contribution in [0.2, 0.25) is 0 Å². The monoisotopic (exact) mass is 513 g/mol. The number of hydrogen-bond acceptors (Lipinski definition) is 2. The SMILES string of the molecule is CCCCCC[N+](CCCCCC)(CCCCCC)C(C)COCCOC.[I-]. The van der Waals surface area contributed by atoms with E-state index in [4.69, 9.17) is 9.47 Å². The van der Waals surface area contributed by atoms with Crippen molar-refractivity contribution in [2.24, 2.45) is 0 Å². The van der Waals surface area contributed by atoms with Gasteiger partial charge >= 0.3 is 0 Å². The first-order valence-corrected chi connectivity index (χ1v) is 12.1. The molecule has 172 valence electrons. The molecule has 0 amide bonds. The molecule has 0 heterocycles. The van der Waals surface area contributed by atoms with Gasteiger partial charge in [0.2, 0.25) is 0 Å². The van der Waals surface area contributed by atoms with E-state index in [0.717, 1.165) is 13.2 Å². The first-order valence-electron chi connectivity index (χ1n) is 12.1. The predicted molar refractivity (Wildman–Crippen MR) is 119 cm³/mol. The van der Waals surface area contributed by atoms with Gasteiger partial charge in [0.25, 0.3) is 0 Å². The molecule has 0 rings (SSSR count). The lowest BCUT2D eigenvalue weighted by atomic mass is 10.1. The second kappa shape index (κ2) is 22.3. The molecular formula is C24H52INO2. The summed E-state index contributed by atoms with van der Waals surface area (Å²) in [6.45, 7) is 15.7. The molecule has 28 heavy (non-hydrogen) atoms. The number of nitrogens with zero attached hydrogens (tertiary/aromatic N) is 1. The minimum atomic E-state index is 0. The predicted octanol–water partition coefficient (Wildman–Crippen LogP) is 3.60. The Kier molecular flexibility index (Phi) is 24.5. The molecule has 0 radical (unpaired) electrons. The van der Waals surface area contributed by atoms with Crippen LogP contribution in [0.15, 0.2) is 0 Å². The van der Waals surface area contributed by atoms with Gasteiger partial charge in [0.15, 0.2) is 0 Å². The quantitative estimate of drug-likeness (QED) is 0.133. The molecule has 0 saturated carbocycles. The van der Waals surface area contributed by atoms with Crippen LogP contribution in [-0.4, -0.2) is 57.1 Å². The molecule has 0 aliphatic heterocycles. The number of rotatable bonds is 21. The van der Waals surface area contributed by atoms with Gasteiger partial charge in [-0.25, -0.2) is 0 Å². The zero-order valence-electron chi connectivity index (χ0n) is 19.9. The van der Waals surface area contributed by atoms with E-state index < -0.39 is 0 Å². The second-order valence-corrected chi connectivity index (χ2v) is 8.49.